The summed E-state index contributed by atoms with van der Waals surface area (Å²) in [4.78, 5) is 13.1. The van der Waals surface area contributed by atoms with Crippen molar-refractivity contribution in [3.8, 4) is 0 Å². The maximum atomic E-state index is 13.2. The number of hydrogen-bond donors (Lipinski definition) is 1. The number of nitrogens with one attached hydrogen (secondary N) is 1. The van der Waals surface area contributed by atoms with E-state index in [0.717, 1.165) is 12.1 Å². The summed E-state index contributed by atoms with van der Waals surface area (Å²) in [7, 11) is -3.86. The van der Waals surface area contributed by atoms with Crippen LogP contribution in [-0.4, -0.2) is 62.8 Å². The molecule has 0 radical (unpaired) electrons. The molecule has 0 aromatic heterocycles. The smallest absolute Gasteiger partial charge is 0.243 e. The van der Waals surface area contributed by atoms with Gasteiger partial charge in [-0.1, -0.05) is 0 Å². The quantitative estimate of drug-likeness (QED) is 0.838. The molecule has 0 bridgehead atoms. The summed E-state index contributed by atoms with van der Waals surface area (Å²) in [6.45, 7) is 3.78. The van der Waals surface area contributed by atoms with Crippen LogP contribution in [0.3, 0.4) is 0 Å². The number of sulfonamides is 1. The largest absolute Gasteiger partial charge is 0.355 e. The first kappa shape index (κ1) is 17.8. The van der Waals surface area contributed by atoms with E-state index in [1.807, 2.05) is 11.8 Å². The normalized spacial score (nSPS) is 17.2. The first-order valence-electron chi connectivity index (χ1n) is 7.29. The lowest BCUT2D eigenvalue weighted by Crippen LogP contribution is -2.51. The molecule has 1 amide bonds. The Hall–Kier alpha value is -1.58. The molecule has 1 aromatic rings. The van der Waals surface area contributed by atoms with Gasteiger partial charge in [0.1, 0.15) is 0 Å². The van der Waals surface area contributed by atoms with Gasteiger partial charge in [0.05, 0.1) is 11.4 Å². The van der Waals surface area contributed by atoms with E-state index in [2.05, 4.69) is 5.32 Å². The zero-order valence-corrected chi connectivity index (χ0v) is 13.6. The van der Waals surface area contributed by atoms with Gasteiger partial charge in [-0.3, -0.25) is 9.69 Å². The van der Waals surface area contributed by atoms with E-state index in [4.69, 9.17) is 0 Å². The molecule has 1 aromatic carbocycles. The fraction of sp³-hybridized carbons (Fsp3) is 0.500. The lowest BCUT2D eigenvalue weighted by Gasteiger charge is -2.33. The molecule has 1 aliphatic rings. The van der Waals surface area contributed by atoms with Crippen molar-refractivity contribution in [3.63, 3.8) is 0 Å². The van der Waals surface area contributed by atoms with E-state index in [1.54, 1.807) is 0 Å². The maximum absolute atomic E-state index is 13.2. The molecule has 0 aliphatic carbocycles. The molecule has 1 saturated heterocycles. The average Bonchev–Trinajstić information content (AvgIpc) is 2.50. The first-order chi connectivity index (χ1) is 10.8. The minimum Gasteiger partial charge on any atom is -0.355 e. The summed E-state index contributed by atoms with van der Waals surface area (Å²) in [6, 6.07) is 2.54. The van der Waals surface area contributed by atoms with Crippen LogP contribution in [0.15, 0.2) is 23.1 Å². The molecular weight excluding hydrogens is 328 g/mol. The van der Waals surface area contributed by atoms with Crippen LogP contribution in [0.2, 0.25) is 0 Å². The Labute approximate surface area is 134 Å². The van der Waals surface area contributed by atoms with Crippen LogP contribution in [0.1, 0.15) is 6.92 Å². The standard InChI is InChI=1S/C14H19F2N3O3S/c1-2-17-14(20)10-18-5-7-19(8-6-18)23(21,22)11-3-4-12(15)13(16)9-11/h3-4,9H,2,5-8,10H2,1H3,(H,17,20). The Bertz CT molecular complexity index is 674. The van der Waals surface area contributed by atoms with Crippen molar-refractivity contribution >= 4 is 15.9 Å². The second-order valence-corrected chi connectivity index (χ2v) is 7.15. The van der Waals surface area contributed by atoms with Crippen LogP contribution >= 0.6 is 0 Å². The van der Waals surface area contributed by atoms with Gasteiger partial charge in [0.2, 0.25) is 15.9 Å². The van der Waals surface area contributed by atoms with Crippen molar-refractivity contribution in [2.45, 2.75) is 11.8 Å². The molecule has 0 saturated carbocycles. The second kappa shape index (κ2) is 7.33. The second-order valence-electron chi connectivity index (χ2n) is 5.21. The number of nitrogens with zero attached hydrogens (tertiary/aromatic N) is 2. The van der Waals surface area contributed by atoms with Gasteiger partial charge in [-0.05, 0) is 25.1 Å². The number of benzene rings is 1. The highest BCUT2D eigenvalue weighted by atomic mass is 32.2. The summed E-state index contributed by atoms with van der Waals surface area (Å²) in [5, 5.41) is 2.68. The van der Waals surface area contributed by atoms with Crippen LogP contribution in [0.25, 0.3) is 0 Å². The molecule has 0 atom stereocenters. The van der Waals surface area contributed by atoms with Gasteiger partial charge in [-0.2, -0.15) is 4.31 Å². The zero-order chi connectivity index (χ0) is 17.0. The van der Waals surface area contributed by atoms with Crippen molar-refractivity contribution in [3.05, 3.63) is 29.8 Å². The molecule has 2 rings (SSSR count). The molecule has 1 N–H and O–H groups in total. The van der Waals surface area contributed by atoms with E-state index in [0.29, 0.717) is 25.7 Å². The predicted molar refractivity (Wildman–Crippen MR) is 80.2 cm³/mol. The SMILES string of the molecule is CCNC(=O)CN1CCN(S(=O)(=O)c2ccc(F)c(F)c2)CC1. The van der Waals surface area contributed by atoms with Crippen molar-refractivity contribution in [2.24, 2.45) is 0 Å². The molecular formula is C14H19F2N3O3S. The van der Waals surface area contributed by atoms with Gasteiger partial charge in [-0.15, -0.1) is 0 Å². The highest BCUT2D eigenvalue weighted by Gasteiger charge is 2.29. The summed E-state index contributed by atoms with van der Waals surface area (Å²) in [5.41, 5.74) is 0. The Morgan fingerprint density at radius 3 is 2.39 bits per heavy atom. The first-order valence-corrected chi connectivity index (χ1v) is 8.73. The van der Waals surface area contributed by atoms with E-state index < -0.39 is 21.7 Å². The number of hydrogen-bond acceptors (Lipinski definition) is 4. The summed E-state index contributed by atoms with van der Waals surface area (Å²) in [6.07, 6.45) is 0. The van der Waals surface area contributed by atoms with E-state index in [-0.39, 0.29) is 30.4 Å². The Kier molecular flexibility index (Phi) is 5.66. The van der Waals surface area contributed by atoms with Crippen molar-refractivity contribution in [2.75, 3.05) is 39.3 Å². The average molecular weight is 347 g/mol. The minimum atomic E-state index is -3.86. The molecule has 1 aliphatic heterocycles. The molecule has 1 fully saturated rings. The topological polar surface area (TPSA) is 69.7 Å². The van der Waals surface area contributed by atoms with Crippen molar-refractivity contribution in [1.82, 2.24) is 14.5 Å². The number of carbonyl (C=O) groups excluding carboxylic acids is 1. The molecule has 0 unspecified atom stereocenters. The number of carbonyl (C=O) groups is 1. The van der Waals surface area contributed by atoms with Gasteiger partial charge >= 0.3 is 0 Å². The fourth-order valence-electron chi connectivity index (χ4n) is 2.37. The zero-order valence-electron chi connectivity index (χ0n) is 12.8. The van der Waals surface area contributed by atoms with Crippen molar-refractivity contribution in [1.29, 1.82) is 0 Å². The number of halogens is 2. The van der Waals surface area contributed by atoms with Gasteiger partial charge in [0.25, 0.3) is 0 Å². The highest BCUT2D eigenvalue weighted by molar-refractivity contribution is 7.89. The van der Waals surface area contributed by atoms with Crippen LogP contribution < -0.4 is 5.32 Å². The summed E-state index contributed by atoms with van der Waals surface area (Å²) in [5.74, 6) is -2.39. The molecule has 128 valence electrons. The Morgan fingerprint density at radius 1 is 1.17 bits per heavy atom. The lowest BCUT2D eigenvalue weighted by atomic mass is 10.3. The molecule has 1 heterocycles. The fourth-order valence-corrected chi connectivity index (χ4v) is 3.81. The number of amides is 1. The predicted octanol–water partition coefficient (Wildman–Crippen LogP) is 0.407. The van der Waals surface area contributed by atoms with Gasteiger partial charge in [0.15, 0.2) is 11.6 Å². The van der Waals surface area contributed by atoms with Crippen LogP contribution in [0.4, 0.5) is 8.78 Å². The minimum absolute atomic E-state index is 0.107. The lowest BCUT2D eigenvalue weighted by molar-refractivity contribution is -0.122. The van der Waals surface area contributed by atoms with Crippen LogP contribution in [-0.2, 0) is 14.8 Å². The molecule has 0 spiro atoms. The van der Waals surface area contributed by atoms with Crippen LogP contribution in [0.5, 0.6) is 0 Å². The molecule has 23 heavy (non-hydrogen) atoms. The van der Waals surface area contributed by atoms with Crippen LogP contribution in [0, 0.1) is 11.6 Å². The Morgan fingerprint density at radius 2 is 1.83 bits per heavy atom. The van der Waals surface area contributed by atoms with E-state index >= 15 is 0 Å². The number of rotatable bonds is 5. The van der Waals surface area contributed by atoms with Gasteiger partial charge in [-0.25, -0.2) is 17.2 Å². The number of likely N-dealkylation sites (N-methyl/N-ethyl adjacent to an activating group) is 1. The van der Waals surface area contributed by atoms with Gasteiger partial charge in [0, 0.05) is 32.7 Å². The highest BCUT2D eigenvalue weighted by Crippen LogP contribution is 2.19. The van der Waals surface area contributed by atoms with E-state index in [9.17, 15) is 22.0 Å². The third-order valence-electron chi connectivity index (χ3n) is 3.60. The summed E-state index contributed by atoms with van der Waals surface area (Å²) < 4.78 is 52.2. The third kappa shape index (κ3) is 4.24. The third-order valence-corrected chi connectivity index (χ3v) is 5.50. The molecule has 6 nitrogen and oxygen atoms in total. The Balaban J connectivity index is 2.01. The summed E-state index contributed by atoms with van der Waals surface area (Å²) >= 11 is 0. The van der Waals surface area contributed by atoms with Gasteiger partial charge < -0.3 is 5.32 Å². The van der Waals surface area contributed by atoms with E-state index in [1.165, 1.54) is 4.31 Å². The monoisotopic (exact) mass is 347 g/mol. The maximum Gasteiger partial charge on any atom is 0.243 e. The molecule has 9 heteroatoms. The van der Waals surface area contributed by atoms with Crippen molar-refractivity contribution < 1.29 is 22.0 Å². The number of piperazine rings is 1.